The molecule has 7 heteroatoms. The smallest absolute Gasteiger partial charge is 0.161 e. The molecule has 3 rings (SSSR count). The van der Waals surface area contributed by atoms with E-state index in [1.807, 2.05) is 12.1 Å². The zero-order valence-electron chi connectivity index (χ0n) is 15.9. The van der Waals surface area contributed by atoms with Gasteiger partial charge in [-0.3, -0.25) is 4.98 Å². The van der Waals surface area contributed by atoms with Gasteiger partial charge in [0.1, 0.15) is 0 Å². The largest absolute Gasteiger partial charge is 0.548 e. The minimum absolute atomic E-state index is 0.392. The van der Waals surface area contributed by atoms with Crippen molar-refractivity contribution in [1.82, 2.24) is 4.98 Å². The molecule has 0 spiro atoms. The normalized spacial score (nSPS) is 11.2. The number of carboxylic acid groups (broad SMARTS) is 1. The van der Waals surface area contributed by atoms with E-state index in [1.54, 1.807) is 54.9 Å². The Hall–Kier alpha value is -4.05. The number of aromatic nitrogens is 1. The molecule has 0 saturated heterocycles. The molecule has 2 aromatic carbocycles. The molecule has 0 aliphatic heterocycles. The van der Waals surface area contributed by atoms with Crippen LogP contribution in [0, 0.1) is 11.3 Å². The van der Waals surface area contributed by atoms with Crippen LogP contribution < -0.4 is 19.9 Å². The summed E-state index contributed by atoms with van der Waals surface area (Å²) in [6.45, 7) is 0. The highest BCUT2D eigenvalue weighted by Gasteiger charge is 2.21. The first kappa shape index (κ1) is 19.7. The summed E-state index contributed by atoms with van der Waals surface area (Å²) in [5.74, 6) is -0.458. The van der Waals surface area contributed by atoms with Gasteiger partial charge in [0.15, 0.2) is 11.5 Å². The summed E-state index contributed by atoms with van der Waals surface area (Å²) in [6, 6.07) is 14.2. The van der Waals surface area contributed by atoms with E-state index in [-0.39, 0.29) is 0 Å². The standard InChI is InChI=1S/C22H19N3O4/c1-28-19-10-17(15-4-3-9-24-13-15)18(11-20(19)29-2)21(22(26)27)25-16-7-5-14(12-23)6-8-16/h3-11,13,21,25H,1-2H3,(H,26,27)/p-1. The molecule has 1 unspecified atom stereocenters. The van der Waals surface area contributed by atoms with Gasteiger partial charge in [0, 0.05) is 23.6 Å². The zero-order chi connectivity index (χ0) is 20.8. The molecule has 7 nitrogen and oxygen atoms in total. The van der Waals surface area contributed by atoms with Crippen molar-refractivity contribution >= 4 is 11.7 Å². The molecule has 1 heterocycles. The van der Waals surface area contributed by atoms with Gasteiger partial charge in [-0.05, 0) is 53.6 Å². The average Bonchev–Trinajstić information content (AvgIpc) is 2.77. The molecule has 1 N–H and O–H groups in total. The highest BCUT2D eigenvalue weighted by Crippen LogP contribution is 2.39. The molecule has 3 aromatic rings. The lowest BCUT2D eigenvalue weighted by Crippen LogP contribution is -2.34. The van der Waals surface area contributed by atoms with E-state index in [0.717, 1.165) is 5.56 Å². The van der Waals surface area contributed by atoms with Gasteiger partial charge in [-0.2, -0.15) is 5.26 Å². The van der Waals surface area contributed by atoms with Crippen LogP contribution >= 0.6 is 0 Å². The van der Waals surface area contributed by atoms with Crippen LogP contribution in [0.15, 0.2) is 60.9 Å². The molecule has 0 bridgehead atoms. The summed E-state index contributed by atoms with van der Waals surface area (Å²) in [7, 11) is 2.99. The van der Waals surface area contributed by atoms with Gasteiger partial charge < -0.3 is 24.7 Å². The Balaban J connectivity index is 2.13. The third kappa shape index (κ3) is 4.28. The topological polar surface area (TPSA) is 107 Å². The van der Waals surface area contributed by atoms with Crippen molar-refractivity contribution < 1.29 is 19.4 Å². The van der Waals surface area contributed by atoms with Crippen molar-refractivity contribution in [3.8, 4) is 28.7 Å². The molecule has 0 radical (unpaired) electrons. The Morgan fingerprint density at radius 1 is 1.14 bits per heavy atom. The number of nitrogens with zero attached hydrogens (tertiary/aromatic N) is 2. The minimum Gasteiger partial charge on any atom is -0.548 e. The van der Waals surface area contributed by atoms with E-state index in [1.165, 1.54) is 14.2 Å². The fourth-order valence-electron chi connectivity index (χ4n) is 2.98. The minimum atomic E-state index is -1.31. The number of nitrogens with one attached hydrogen (secondary N) is 1. The van der Waals surface area contributed by atoms with Crippen molar-refractivity contribution in [3.05, 3.63) is 72.1 Å². The first-order chi connectivity index (χ1) is 14.1. The predicted octanol–water partition coefficient (Wildman–Crippen LogP) is 2.54. The lowest BCUT2D eigenvalue weighted by Gasteiger charge is -2.25. The second-order valence-electron chi connectivity index (χ2n) is 6.12. The maximum atomic E-state index is 12.1. The van der Waals surface area contributed by atoms with Crippen molar-refractivity contribution in [3.63, 3.8) is 0 Å². The van der Waals surface area contributed by atoms with Gasteiger partial charge in [0.05, 0.1) is 37.9 Å². The second kappa shape index (κ2) is 8.76. The number of benzene rings is 2. The summed E-state index contributed by atoms with van der Waals surface area (Å²) < 4.78 is 10.7. The van der Waals surface area contributed by atoms with Crippen LogP contribution in [0.3, 0.4) is 0 Å². The number of anilines is 1. The van der Waals surface area contributed by atoms with Gasteiger partial charge in [-0.15, -0.1) is 0 Å². The highest BCUT2D eigenvalue weighted by atomic mass is 16.5. The van der Waals surface area contributed by atoms with Crippen LogP contribution in [-0.4, -0.2) is 25.2 Å². The zero-order valence-corrected chi connectivity index (χ0v) is 15.9. The predicted molar refractivity (Wildman–Crippen MR) is 105 cm³/mol. The number of aliphatic carboxylic acids is 1. The Kier molecular flexibility index (Phi) is 5.95. The average molecular weight is 388 g/mol. The van der Waals surface area contributed by atoms with Gasteiger partial charge in [0.2, 0.25) is 0 Å². The number of pyridine rings is 1. The first-order valence-corrected chi connectivity index (χ1v) is 8.71. The summed E-state index contributed by atoms with van der Waals surface area (Å²) >= 11 is 0. The monoisotopic (exact) mass is 388 g/mol. The number of hydrogen-bond acceptors (Lipinski definition) is 7. The van der Waals surface area contributed by atoms with E-state index in [4.69, 9.17) is 14.7 Å². The van der Waals surface area contributed by atoms with Crippen molar-refractivity contribution in [2.45, 2.75) is 6.04 Å². The summed E-state index contributed by atoms with van der Waals surface area (Å²) in [5, 5.41) is 23.9. The third-order valence-electron chi connectivity index (χ3n) is 4.40. The number of carboxylic acids is 1. The molecular formula is C22H18N3O4-. The number of carbonyl (C=O) groups is 1. The Morgan fingerprint density at radius 2 is 1.83 bits per heavy atom. The Morgan fingerprint density at radius 3 is 2.38 bits per heavy atom. The SMILES string of the molecule is COc1cc(-c2cccnc2)c(C(Nc2ccc(C#N)cc2)C(=O)[O-])cc1OC. The van der Waals surface area contributed by atoms with Crippen molar-refractivity contribution in [2.75, 3.05) is 19.5 Å². The fourth-order valence-corrected chi connectivity index (χ4v) is 2.98. The number of methoxy groups -OCH3 is 2. The molecule has 1 aromatic heterocycles. The van der Waals surface area contributed by atoms with Crippen LogP contribution in [-0.2, 0) is 4.79 Å². The maximum absolute atomic E-state index is 12.1. The van der Waals surface area contributed by atoms with Crippen molar-refractivity contribution in [1.29, 1.82) is 5.26 Å². The van der Waals surface area contributed by atoms with Gasteiger partial charge >= 0.3 is 0 Å². The molecule has 0 saturated carbocycles. The van der Waals surface area contributed by atoms with Crippen LogP contribution in [0.25, 0.3) is 11.1 Å². The van der Waals surface area contributed by atoms with Crippen LogP contribution in [0.4, 0.5) is 5.69 Å². The lowest BCUT2D eigenvalue weighted by molar-refractivity contribution is -0.307. The number of nitriles is 1. The second-order valence-corrected chi connectivity index (χ2v) is 6.12. The number of rotatable bonds is 7. The summed E-state index contributed by atoms with van der Waals surface area (Å²) in [5.41, 5.74) is 2.77. The number of ether oxygens (including phenoxy) is 2. The molecule has 0 aliphatic rings. The third-order valence-corrected chi connectivity index (χ3v) is 4.40. The van der Waals surface area contributed by atoms with Crippen LogP contribution in [0.1, 0.15) is 17.2 Å². The van der Waals surface area contributed by atoms with E-state index >= 15 is 0 Å². The van der Waals surface area contributed by atoms with E-state index in [9.17, 15) is 9.90 Å². The molecule has 0 aliphatic carbocycles. The van der Waals surface area contributed by atoms with Crippen LogP contribution in [0.5, 0.6) is 11.5 Å². The molecule has 0 amide bonds. The van der Waals surface area contributed by atoms with Crippen molar-refractivity contribution in [2.24, 2.45) is 0 Å². The van der Waals surface area contributed by atoms with E-state index in [0.29, 0.717) is 33.9 Å². The molecule has 29 heavy (non-hydrogen) atoms. The highest BCUT2D eigenvalue weighted by molar-refractivity contribution is 5.83. The van der Waals surface area contributed by atoms with E-state index < -0.39 is 12.0 Å². The summed E-state index contributed by atoms with van der Waals surface area (Å²) in [4.78, 5) is 16.2. The van der Waals surface area contributed by atoms with Gasteiger partial charge in [0.25, 0.3) is 0 Å². The van der Waals surface area contributed by atoms with Crippen LogP contribution in [0.2, 0.25) is 0 Å². The number of carbonyl (C=O) groups excluding carboxylic acids is 1. The quantitative estimate of drug-likeness (QED) is 0.663. The van der Waals surface area contributed by atoms with Gasteiger partial charge in [-0.25, -0.2) is 0 Å². The first-order valence-electron chi connectivity index (χ1n) is 8.71. The number of hydrogen-bond donors (Lipinski definition) is 1. The molecular weight excluding hydrogens is 370 g/mol. The summed E-state index contributed by atoms with van der Waals surface area (Å²) in [6.07, 6.45) is 3.27. The molecule has 0 fully saturated rings. The lowest BCUT2D eigenvalue weighted by atomic mass is 9.94. The fraction of sp³-hybridized carbons (Fsp3) is 0.136. The Labute approximate surface area is 168 Å². The Bertz CT molecular complexity index is 1040. The van der Waals surface area contributed by atoms with E-state index in [2.05, 4.69) is 10.3 Å². The molecule has 1 atom stereocenters. The van der Waals surface area contributed by atoms with Gasteiger partial charge in [-0.1, -0.05) is 6.07 Å². The maximum Gasteiger partial charge on any atom is 0.161 e. The molecule has 146 valence electrons.